The van der Waals surface area contributed by atoms with E-state index in [1.807, 2.05) is 26.0 Å². The second kappa shape index (κ2) is 4.51. The summed E-state index contributed by atoms with van der Waals surface area (Å²) in [5.74, 6) is 0. The minimum Gasteiger partial charge on any atom is -0.390 e. The van der Waals surface area contributed by atoms with Crippen LogP contribution >= 0.6 is 0 Å². The summed E-state index contributed by atoms with van der Waals surface area (Å²) >= 11 is 0. The van der Waals surface area contributed by atoms with Crippen molar-refractivity contribution >= 4 is 10.9 Å². The molecule has 0 atom stereocenters. The monoisotopic (exact) mass is 232 g/mol. The number of para-hydroxylation sites is 1. The molecular weight excluding hydrogens is 212 g/mol. The van der Waals surface area contributed by atoms with Crippen molar-refractivity contribution in [1.29, 1.82) is 0 Å². The topological polar surface area (TPSA) is 51.2 Å². The molecule has 2 rings (SSSR count). The van der Waals surface area contributed by atoms with Gasteiger partial charge in [-0.05, 0) is 31.9 Å². The van der Waals surface area contributed by atoms with Gasteiger partial charge in [0.1, 0.15) is 0 Å². The van der Waals surface area contributed by atoms with Crippen LogP contribution in [0, 0.1) is 0 Å². The Bertz CT molecular complexity index is 508. The van der Waals surface area contributed by atoms with Gasteiger partial charge < -0.3 is 15.4 Å². The molecule has 3 N–H and O–H groups in total. The third-order valence-electron chi connectivity index (χ3n) is 3.06. The molecule has 3 nitrogen and oxygen atoms in total. The molecule has 0 bridgehead atoms. The van der Waals surface area contributed by atoms with Gasteiger partial charge in [0.25, 0.3) is 0 Å². The van der Waals surface area contributed by atoms with E-state index >= 15 is 0 Å². The van der Waals surface area contributed by atoms with Crippen molar-refractivity contribution in [3.05, 3.63) is 36.0 Å². The Balaban J connectivity index is 2.34. The molecule has 17 heavy (non-hydrogen) atoms. The lowest BCUT2D eigenvalue weighted by molar-refractivity contribution is 0.0666. The van der Waals surface area contributed by atoms with Crippen molar-refractivity contribution in [2.45, 2.75) is 39.0 Å². The average Bonchev–Trinajstić information content (AvgIpc) is 2.64. The smallest absolute Gasteiger partial charge is 0.0608 e. The van der Waals surface area contributed by atoms with E-state index in [0.717, 1.165) is 18.5 Å². The third kappa shape index (κ3) is 2.68. The van der Waals surface area contributed by atoms with E-state index in [2.05, 4.69) is 22.9 Å². The van der Waals surface area contributed by atoms with Crippen LogP contribution in [0.4, 0.5) is 0 Å². The first kappa shape index (κ1) is 12.1. The van der Waals surface area contributed by atoms with E-state index in [0.29, 0.717) is 6.54 Å². The van der Waals surface area contributed by atoms with Gasteiger partial charge in [-0.2, -0.15) is 0 Å². The Morgan fingerprint density at radius 3 is 2.65 bits per heavy atom. The highest BCUT2D eigenvalue weighted by atomic mass is 16.3. The van der Waals surface area contributed by atoms with Crippen molar-refractivity contribution in [3.63, 3.8) is 0 Å². The summed E-state index contributed by atoms with van der Waals surface area (Å²) in [4.78, 5) is 0. The molecule has 0 radical (unpaired) electrons. The largest absolute Gasteiger partial charge is 0.390 e. The maximum absolute atomic E-state index is 9.78. The number of aromatic nitrogens is 1. The zero-order valence-electron chi connectivity index (χ0n) is 10.5. The molecule has 0 spiro atoms. The molecule has 0 saturated heterocycles. The zero-order valence-corrected chi connectivity index (χ0v) is 10.5. The molecule has 0 aliphatic heterocycles. The number of aliphatic hydroxyl groups is 1. The van der Waals surface area contributed by atoms with Gasteiger partial charge in [0, 0.05) is 30.2 Å². The highest BCUT2D eigenvalue weighted by Crippen LogP contribution is 2.22. The molecule has 2 aromatic rings. The number of aryl methyl sites for hydroxylation is 1. The summed E-state index contributed by atoms with van der Waals surface area (Å²) < 4.78 is 2.18. The number of nitrogens with two attached hydrogens (primary N) is 1. The Morgan fingerprint density at radius 2 is 2.00 bits per heavy atom. The van der Waals surface area contributed by atoms with Gasteiger partial charge in [0.05, 0.1) is 5.60 Å². The lowest BCUT2D eigenvalue weighted by atomic mass is 10.1. The van der Waals surface area contributed by atoms with Crippen molar-refractivity contribution in [1.82, 2.24) is 4.57 Å². The van der Waals surface area contributed by atoms with Crippen molar-refractivity contribution in [2.75, 3.05) is 0 Å². The molecule has 0 fully saturated rings. The Morgan fingerprint density at radius 1 is 1.29 bits per heavy atom. The predicted molar refractivity (Wildman–Crippen MR) is 70.7 cm³/mol. The lowest BCUT2D eigenvalue weighted by Gasteiger charge is -2.17. The summed E-state index contributed by atoms with van der Waals surface area (Å²) in [6.07, 6.45) is 2.83. The fourth-order valence-electron chi connectivity index (χ4n) is 2.06. The molecule has 0 aliphatic carbocycles. The normalized spacial score (nSPS) is 12.2. The van der Waals surface area contributed by atoms with Crippen molar-refractivity contribution in [2.24, 2.45) is 5.73 Å². The van der Waals surface area contributed by atoms with E-state index < -0.39 is 5.60 Å². The lowest BCUT2D eigenvalue weighted by Crippen LogP contribution is -2.20. The quantitative estimate of drug-likeness (QED) is 0.849. The number of hydrogen-bond donors (Lipinski definition) is 2. The molecule has 92 valence electrons. The van der Waals surface area contributed by atoms with Crippen LogP contribution in [0.1, 0.15) is 25.8 Å². The van der Waals surface area contributed by atoms with E-state index in [1.54, 1.807) is 0 Å². The highest BCUT2D eigenvalue weighted by Gasteiger charge is 2.13. The number of fused-ring (bicyclic) bond motifs is 1. The first-order valence-corrected chi connectivity index (χ1v) is 6.00. The van der Waals surface area contributed by atoms with Crippen LogP contribution in [-0.2, 0) is 13.1 Å². The van der Waals surface area contributed by atoms with E-state index in [1.165, 1.54) is 10.9 Å². The SMILES string of the molecule is CC(C)(O)CCn1cc(CN)c2ccccc21. The van der Waals surface area contributed by atoms with Crippen molar-refractivity contribution < 1.29 is 5.11 Å². The summed E-state index contributed by atoms with van der Waals surface area (Å²) in [5, 5.41) is 11.0. The molecule has 0 amide bonds. The average molecular weight is 232 g/mol. The van der Waals surface area contributed by atoms with Gasteiger partial charge in [0.15, 0.2) is 0 Å². The molecule has 0 aliphatic rings. The van der Waals surface area contributed by atoms with Gasteiger partial charge in [-0.15, -0.1) is 0 Å². The highest BCUT2D eigenvalue weighted by molar-refractivity contribution is 5.83. The van der Waals surface area contributed by atoms with Gasteiger partial charge in [0.2, 0.25) is 0 Å². The Kier molecular flexibility index (Phi) is 3.22. The molecule has 3 heteroatoms. The van der Waals surface area contributed by atoms with Crippen LogP contribution in [0.3, 0.4) is 0 Å². The van der Waals surface area contributed by atoms with Crippen LogP contribution in [-0.4, -0.2) is 15.3 Å². The van der Waals surface area contributed by atoms with E-state index in [4.69, 9.17) is 5.73 Å². The fourth-order valence-corrected chi connectivity index (χ4v) is 2.06. The molecule has 1 aromatic carbocycles. The van der Waals surface area contributed by atoms with Crippen LogP contribution in [0.25, 0.3) is 10.9 Å². The van der Waals surface area contributed by atoms with Gasteiger partial charge >= 0.3 is 0 Å². The first-order valence-electron chi connectivity index (χ1n) is 6.00. The minimum absolute atomic E-state index is 0.552. The van der Waals surface area contributed by atoms with E-state index in [9.17, 15) is 5.11 Å². The number of benzene rings is 1. The maximum Gasteiger partial charge on any atom is 0.0608 e. The standard InChI is InChI=1S/C14H20N2O/c1-14(2,17)7-8-16-10-11(9-15)12-5-3-4-6-13(12)16/h3-6,10,17H,7-9,15H2,1-2H3. The third-order valence-corrected chi connectivity index (χ3v) is 3.06. The maximum atomic E-state index is 9.78. The van der Waals surface area contributed by atoms with Gasteiger partial charge in [-0.25, -0.2) is 0 Å². The van der Waals surface area contributed by atoms with Crippen LogP contribution < -0.4 is 5.73 Å². The van der Waals surface area contributed by atoms with Crippen LogP contribution in [0.15, 0.2) is 30.5 Å². The Labute approximate surface area is 102 Å². The summed E-state index contributed by atoms with van der Waals surface area (Å²) in [7, 11) is 0. The minimum atomic E-state index is -0.631. The number of rotatable bonds is 4. The summed E-state index contributed by atoms with van der Waals surface area (Å²) in [6.45, 7) is 5.03. The van der Waals surface area contributed by atoms with Gasteiger partial charge in [-0.1, -0.05) is 18.2 Å². The first-order chi connectivity index (χ1) is 8.01. The molecule has 1 heterocycles. The number of nitrogens with zero attached hydrogens (tertiary/aromatic N) is 1. The molecule has 0 unspecified atom stereocenters. The Hall–Kier alpha value is -1.32. The fraction of sp³-hybridized carbons (Fsp3) is 0.429. The molecule has 1 aromatic heterocycles. The number of hydrogen-bond acceptors (Lipinski definition) is 2. The second-order valence-electron chi connectivity index (χ2n) is 5.13. The zero-order chi connectivity index (χ0) is 12.5. The predicted octanol–water partition coefficient (Wildman–Crippen LogP) is 2.26. The van der Waals surface area contributed by atoms with Crippen molar-refractivity contribution in [3.8, 4) is 0 Å². The van der Waals surface area contributed by atoms with E-state index in [-0.39, 0.29) is 0 Å². The second-order valence-corrected chi connectivity index (χ2v) is 5.13. The summed E-state index contributed by atoms with van der Waals surface area (Å²) in [5.41, 5.74) is 7.47. The summed E-state index contributed by atoms with van der Waals surface area (Å²) in [6, 6.07) is 8.25. The van der Waals surface area contributed by atoms with Gasteiger partial charge in [-0.3, -0.25) is 0 Å². The van der Waals surface area contributed by atoms with Crippen LogP contribution in [0.2, 0.25) is 0 Å². The molecular formula is C14H20N2O. The van der Waals surface area contributed by atoms with Crippen LogP contribution in [0.5, 0.6) is 0 Å². The molecule has 0 saturated carbocycles.